The maximum atomic E-state index is 10.1. The normalized spacial score (nSPS) is 34.7. The van der Waals surface area contributed by atoms with Gasteiger partial charge in [-0.25, -0.2) is 0 Å². The van der Waals surface area contributed by atoms with E-state index in [1.54, 1.807) is 0 Å². The van der Waals surface area contributed by atoms with Crippen LogP contribution in [0, 0.1) is 11.8 Å². The Morgan fingerprint density at radius 2 is 2.00 bits per heavy atom. The molecular formula is C14H27NO. The van der Waals surface area contributed by atoms with Crippen LogP contribution in [0.5, 0.6) is 0 Å². The monoisotopic (exact) mass is 225 g/mol. The van der Waals surface area contributed by atoms with Gasteiger partial charge in [-0.3, -0.25) is 4.90 Å². The number of rotatable bonds is 4. The molecule has 2 rings (SSSR count). The summed E-state index contributed by atoms with van der Waals surface area (Å²) in [6.07, 6.45) is 7.95. The first-order valence-electron chi connectivity index (χ1n) is 7.14. The van der Waals surface area contributed by atoms with Gasteiger partial charge in [0.15, 0.2) is 0 Å². The van der Waals surface area contributed by atoms with Gasteiger partial charge >= 0.3 is 0 Å². The molecule has 2 fully saturated rings. The molecule has 0 amide bonds. The summed E-state index contributed by atoms with van der Waals surface area (Å²) >= 11 is 0. The Bertz CT molecular complexity index is 219. The highest BCUT2D eigenvalue weighted by Gasteiger charge is 2.35. The average Bonchev–Trinajstić information content (AvgIpc) is 2.77. The minimum Gasteiger partial charge on any atom is -0.392 e. The molecule has 1 saturated carbocycles. The van der Waals surface area contributed by atoms with Crippen molar-refractivity contribution in [3.8, 4) is 0 Å². The molecule has 1 heterocycles. The molecule has 94 valence electrons. The van der Waals surface area contributed by atoms with Crippen LogP contribution in [-0.2, 0) is 0 Å². The molecule has 1 aliphatic heterocycles. The van der Waals surface area contributed by atoms with E-state index < -0.39 is 0 Å². The number of hydrogen-bond acceptors (Lipinski definition) is 2. The van der Waals surface area contributed by atoms with Crippen molar-refractivity contribution < 1.29 is 5.11 Å². The van der Waals surface area contributed by atoms with Crippen molar-refractivity contribution in [2.45, 2.75) is 64.5 Å². The lowest BCUT2D eigenvalue weighted by atomic mass is 9.91. The lowest BCUT2D eigenvalue weighted by Crippen LogP contribution is -2.47. The lowest BCUT2D eigenvalue weighted by molar-refractivity contribution is 0.0261. The SMILES string of the molecule is CCC(C)C(O)CN1CCCC2CCCC21. The Balaban J connectivity index is 1.88. The second-order valence-electron chi connectivity index (χ2n) is 5.85. The van der Waals surface area contributed by atoms with Crippen LogP contribution in [0.1, 0.15) is 52.4 Å². The molecule has 16 heavy (non-hydrogen) atoms. The second-order valence-corrected chi connectivity index (χ2v) is 5.85. The smallest absolute Gasteiger partial charge is 0.0692 e. The highest BCUT2D eigenvalue weighted by atomic mass is 16.3. The maximum Gasteiger partial charge on any atom is 0.0692 e. The summed E-state index contributed by atoms with van der Waals surface area (Å²) in [5, 5.41) is 10.1. The Labute approximate surface area is 100 Å². The van der Waals surface area contributed by atoms with Crippen LogP contribution >= 0.6 is 0 Å². The van der Waals surface area contributed by atoms with E-state index in [0.717, 1.165) is 24.9 Å². The largest absolute Gasteiger partial charge is 0.392 e. The van der Waals surface area contributed by atoms with Crippen molar-refractivity contribution in [3.05, 3.63) is 0 Å². The Kier molecular flexibility index (Phi) is 4.26. The molecular weight excluding hydrogens is 198 g/mol. The van der Waals surface area contributed by atoms with Gasteiger partial charge in [0.1, 0.15) is 0 Å². The molecule has 0 aromatic heterocycles. The summed E-state index contributed by atoms with van der Waals surface area (Å²) in [5.41, 5.74) is 0. The van der Waals surface area contributed by atoms with Gasteiger partial charge in [0.25, 0.3) is 0 Å². The van der Waals surface area contributed by atoms with Crippen LogP contribution in [0.2, 0.25) is 0 Å². The van der Waals surface area contributed by atoms with E-state index >= 15 is 0 Å². The third-order valence-electron chi connectivity index (χ3n) is 4.83. The Morgan fingerprint density at radius 3 is 2.75 bits per heavy atom. The van der Waals surface area contributed by atoms with Crippen LogP contribution in [0.15, 0.2) is 0 Å². The Hall–Kier alpha value is -0.0800. The fourth-order valence-electron chi connectivity index (χ4n) is 3.48. The standard InChI is InChI=1S/C14H27NO/c1-3-11(2)14(16)10-15-9-5-7-12-6-4-8-13(12)15/h11-14,16H,3-10H2,1-2H3. The van der Waals surface area contributed by atoms with Gasteiger partial charge in [0, 0.05) is 12.6 Å². The first kappa shape index (κ1) is 12.4. The van der Waals surface area contributed by atoms with Gasteiger partial charge in [-0.05, 0) is 44.1 Å². The zero-order chi connectivity index (χ0) is 11.5. The van der Waals surface area contributed by atoms with Crippen LogP contribution in [0.4, 0.5) is 0 Å². The van der Waals surface area contributed by atoms with Crippen LogP contribution in [0.25, 0.3) is 0 Å². The van der Waals surface area contributed by atoms with Crippen molar-refractivity contribution in [3.63, 3.8) is 0 Å². The lowest BCUT2D eigenvalue weighted by Gasteiger charge is -2.39. The highest BCUT2D eigenvalue weighted by molar-refractivity contribution is 4.90. The molecule has 4 unspecified atom stereocenters. The predicted octanol–water partition coefficient (Wildman–Crippen LogP) is 2.66. The fraction of sp³-hybridized carbons (Fsp3) is 1.00. The maximum absolute atomic E-state index is 10.1. The zero-order valence-corrected chi connectivity index (χ0v) is 10.9. The number of nitrogens with zero attached hydrogens (tertiary/aromatic N) is 1. The summed E-state index contributed by atoms with van der Waals surface area (Å²) in [6.45, 7) is 6.47. The quantitative estimate of drug-likeness (QED) is 0.795. The molecule has 1 aliphatic carbocycles. The minimum atomic E-state index is -0.121. The highest BCUT2D eigenvalue weighted by Crippen LogP contribution is 2.36. The molecule has 0 radical (unpaired) electrons. The number of likely N-dealkylation sites (tertiary alicyclic amines) is 1. The van der Waals surface area contributed by atoms with Crippen LogP contribution in [0.3, 0.4) is 0 Å². The van der Waals surface area contributed by atoms with E-state index in [9.17, 15) is 5.11 Å². The topological polar surface area (TPSA) is 23.5 Å². The summed E-state index contributed by atoms with van der Waals surface area (Å²) < 4.78 is 0. The zero-order valence-electron chi connectivity index (χ0n) is 10.9. The van der Waals surface area contributed by atoms with Gasteiger partial charge in [-0.15, -0.1) is 0 Å². The van der Waals surface area contributed by atoms with Gasteiger partial charge in [0.2, 0.25) is 0 Å². The van der Waals surface area contributed by atoms with Gasteiger partial charge in [0.05, 0.1) is 6.10 Å². The minimum absolute atomic E-state index is 0.121. The first-order chi connectivity index (χ1) is 7.72. The Morgan fingerprint density at radius 1 is 1.25 bits per heavy atom. The van der Waals surface area contributed by atoms with E-state index in [4.69, 9.17) is 0 Å². The molecule has 2 heteroatoms. The van der Waals surface area contributed by atoms with E-state index in [2.05, 4.69) is 18.7 Å². The first-order valence-corrected chi connectivity index (χ1v) is 7.14. The van der Waals surface area contributed by atoms with E-state index in [0.29, 0.717) is 5.92 Å². The summed E-state index contributed by atoms with van der Waals surface area (Å²) in [6, 6.07) is 0.799. The predicted molar refractivity (Wildman–Crippen MR) is 67.4 cm³/mol. The molecule has 1 saturated heterocycles. The summed E-state index contributed by atoms with van der Waals surface area (Å²) in [5.74, 6) is 1.39. The molecule has 0 spiro atoms. The molecule has 4 atom stereocenters. The molecule has 0 aromatic carbocycles. The summed E-state index contributed by atoms with van der Waals surface area (Å²) in [4.78, 5) is 2.58. The van der Waals surface area contributed by atoms with Crippen molar-refractivity contribution in [1.29, 1.82) is 0 Å². The molecule has 0 aromatic rings. The average molecular weight is 225 g/mol. The molecule has 0 bridgehead atoms. The van der Waals surface area contributed by atoms with Crippen molar-refractivity contribution >= 4 is 0 Å². The second kappa shape index (κ2) is 5.50. The van der Waals surface area contributed by atoms with Crippen molar-refractivity contribution in [2.75, 3.05) is 13.1 Å². The van der Waals surface area contributed by atoms with Gasteiger partial charge < -0.3 is 5.11 Å². The van der Waals surface area contributed by atoms with E-state index in [1.807, 2.05) is 0 Å². The number of piperidine rings is 1. The van der Waals surface area contributed by atoms with E-state index in [-0.39, 0.29) is 6.10 Å². The van der Waals surface area contributed by atoms with Crippen molar-refractivity contribution in [1.82, 2.24) is 4.90 Å². The number of hydrogen-bond donors (Lipinski definition) is 1. The fourth-order valence-corrected chi connectivity index (χ4v) is 3.48. The van der Waals surface area contributed by atoms with Gasteiger partial charge in [-0.1, -0.05) is 26.7 Å². The van der Waals surface area contributed by atoms with Crippen LogP contribution < -0.4 is 0 Å². The number of fused-ring (bicyclic) bond motifs is 1. The number of aliphatic hydroxyl groups excluding tert-OH is 1. The van der Waals surface area contributed by atoms with Gasteiger partial charge in [-0.2, -0.15) is 0 Å². The molecule has 2 aliphatic rings. The van der Waals surface area contributed by atoms with Crippen LogP contribution in [-0.4, -0.2) is 35.2 Å². The third-order valence-corrected chi connectivity index (χ3v) is 4.83. The van der Waals surface area contributed by atoms with Crippen molar-refractivity contribution in [2.24, 2.45) is 11.8 Å². The third kappa shape index (κ3) is 2.60. The number of aliphatic hydroxyl groups is 1. The molecule has 2 nitrogen and oxygen atoms in total. The van der Waals surface area contributed by atoms with E-state index in [1.165, 1.54) is 38.6 Å². The summed E-state index contributed by atoms with van der Waals surface area (Å²) in [7, 11) is 0. The number of β-amino-alcohol motifs (C(OH)–C–C–N with tert-alkyl or cyclic N) is 1. The molecule has 1 N–H and O–H groups in total.